The summed E-state index contributed by atoms with van der Waals surface area (Å²) >= 11 is 0. The summed E-state index contributed by atoms with van der Waals surface area (Å²) in [5.74, 6) is 0.620. The first-order valence-corrected chi connectivity index (χ1v) is 5.68. The van der Waals surface area contributed by atoms with E-state index in [1.54, 1.807) is 41.6 Å². The van der Waals surface area contributed by atoms with E-state index in [-0.39, 0.29) is 5.91 Å². The van der Waals surface area contributed by atoms with Gasteiger partial charge < -0.3 is 10.6 Å². The molecular weight excluding hydrogens is 230 g/mol. The van der Waals surface area contributed by atoms with Gasteiger partial charge in [-0.25, -0.2) is 9.97 Å². The van der Waals surface area contributed by atoms with Crippen LogP contribution in [0, 0.1) is 0 Å². The van der Waals surface area contributed by atoms with Gasteiger partial charge in [-0.3, -0.25) is 9.36 Å². The number of amides is 1. The minimum absolute atomic E-state index is 0.116. The van der Waals surface area contributed by atoms with E-state index in [0.29, 0.717) is 12.1 Å². The average molecular weight is 245 g/mol. The number of hydrogen-bond donors (Lipinski definition) is 2. The van der Waals surface area contributed by atoms with Gasteiger partial charge in [-0.1, -0.05) is 0 Å². The molecule has 0 aliphatic carbocycles. The molecule has 18 heavy (non-hydrogen) atoms. The van der Waals surface area contributed by atoms with Crippen molar-refractivity contribution in [3.63, 3.8) is 0 Å². The number of imidazole rings is 1. The van der Waals surface area contributed by atoms with Crippen LogP contribution in [0.5, 0.6) is 0 Å². The van der Waals surface area contributed by atoms with E-state index in [4.69, 9.17) is 0 Å². The van der Waals surface area contributed by atoms with E-state index in [1.165, 1.54) is 0 Å². The van der Waals surface area contributed by atoms with Gasteiger partial charge in [0.25, 0.3) is 5.91 Å². The zero-order valence-electron chi connectivity index (χ0n) is 10.1. The lowest BCUT2D eigenvalue weighted by molar-refractivity contribution is 0.0954. The Balaban J connectivity index is 2.01. The van der Waals surface area contributed by atoms with Crippen molar-refractivity contribution in [1.29, 1.82) is 0 Å². The molecule has 2 aromatic heterocycles. The molecule has 1 amide bonds. The Morgan fingerprint density at radius 2 is 2.28 bits per heavy atom. The van der Waals surface area contributed by atoms with Gasteiger partial charge in [0.05, 0.1) is 5.56 Å². The first-order chi connectivity index (χ1) is 8.81. The van der Waals surface area contributed by atoms with Gasteiger partial charge >= 0.3 is 0 Å². The van der Waals surface area contributed by atoms with Crippen molar-refractivity contribution in [2.24, 2.45) is 0 Å². The SMILES string of the molecule is CNCCNC(=O)c1ccc(-n2ccnc2)nc1. The highest BCUT2D eigenvalue weighted by atomic mass is 16.1. The van der Waals surface area contributed by atoms with Crippen molar-refractivity contribution in [1.82, 2.24) is 25.2 Å². The minimum Gasteiger partial charge on any atom is -0.351 e. The number of rotatable bonds is 5. The maximum absolute atomic E-state index is 11.7. The van der Waals surface area contributed by atoms with Crippen molar-refractivity contribution in [2.45, 2.75) is 0 Å². The highest BCUT2D eigenvalue weighted by Crippen LogP contribution is 2.05. The van der Waals surface area contributed by atoms with Gasteiger partial charge in [-0.05, 0) is 19.2 Å². The molecule has 0 aliphatic rings. The lowest BCUT2D eigenvalue weighted by atomic mass is 10.2. The number of pyridine rings is 1. The van der Waals surface area contributed by atoms with E-state index in [0.717, 1.165) is 12.4 Å². The average Bonchev–Trinajstić information content (AvgIpc) is 2.93. The molecule has 0 spiro atoms. The van der Waals surface area contributed by atoms with Crippen LogP contribution >= 0.6 is 0 Å². The number of nitrogens with one attached hydrogen (secondary N) is 2. The zero-order valence-corrected chi connectivity index (χ0v) is 10.1. The van der Waals surface area contributed by atoms with Crippen LogP contribution in [-0.2, 0) is 0 Å². The fourth-order valence-electron chi connectivity index (χ4n) is 1.47. The van der Waals surface area contributed by atoms with Gasteiger partial charge in [0.2, 0.25) is 0 Å². The maximum Gasteiger partial charge on any atom is 0.252 e. The third-order valence-corrected chi connectivity index (χ3v) is 2.44. The second-order valence-electron chi connectivity index (χ2n) is 3.73. The van der Waals surface area contributed by atoms with Crippen molar-refractivity contribution in [3.05, 3.63) is 42.6 Å². The van der Waals surface area contributed by atoms with Crippen molar-refractivity contribution in [3.8, 4) is 5.82 Å². The van der Waals surface area contributed by atoms with Crippen LogP contribution in [0.4, 0.5) is 0 Å². The van der Waals surface area contributed by atoms with E-state index in [1.807, 2.05) is 7.05 Å². The van der Waals surface area contributed by atoms with Crippen LogP contribution in [0.3, 0.4) is 0 Å². The summed E-state index contributed by atoms with van der Waals surface area (Å²) in [6, 6.07) is 3.53. The van der Waals surface area contributed by atoms with Crippen LogP contribution in [0.2, 0.25) is 0 Å². The van der Waals surface area contributed by atoms with Gasteiger partial charge in [0.15, 0.2) is 0 Å². The highest BCUT2D eigenvalue weighted by Gasteiger charge is 2.05. The molecule has 2 N–H and O–H groups in total. The Labute approximate surface area is 105 Å². The smallest absolute Gasteiger partial charge is 0.252 e. The Hall–Kier alpha value is -2.21. The predicted octanol–water partition coefficient (Wildman–Crippen LogP) is 0.216. The maximum atomic E-state index is 11.7. The Morgan fingerprint density at radius 3 is 2.89 bits per heavy atom. The van der Waals surface area contributed by atoms with Crippen molar-refractivity contribution >= 4 is 5.91 Å². The standard InChI is InChI=1S/C12H15N5O/c1-13-4-5-15-12(18)10-2-3-11(16-8-10)17-7-6-14-9-17/h2-3,6-9,13H,4-5H2,1H3,(H,15,18). The molecule has 0 fully saturated rings. The second-order valence-corrected chi connectivity index (χ2v) is 3.73. The summed E-state index contributed by atoms with van der Waals surface area (Å²) in [5.41, 5.74) is 0.551. The summed E-state index contributed by atoms with van der Waals surface area (Å²) < 4.78 is 1.78. The normalized spacial score (nSPS) is 10.3. The molecule has 0 aliphatic heterocycles. The van der Waals surface area contributed by atoms with Crippen LogP contribution in [0.1, 0.15) is 10.4 Å². The summed E-state index contributed by atoms with van der Waals surface area (Å²) in [6.45, 7) is 1.34. The van der Waals surface area contributed by atoms with Crippen LogP contribution in [-0.4, -0.2) is 40.6 Å². The third kappa shape index (κ3) is 2.92. The first kappa shape index (κ1) is 12.3. The topological polar surface area (TPSA) is 71.8 Å². The van der Waals surface area contributed by atoms with E-state index < -0.39 is 0 Å². The molecule has 0 saturated carbocycles. The molecular formula is C12H15N5O. The Bertz CT molecular complexity index is 492. The van der Waals surface area contributed by atoms with Crippen molar-refractivity contribution in [2.75, 3.05) is 20.1 Å². The molecule has 0 bridgehead atoms. The zero-order chi connectivity index (χ0) is 12.8. The first-order valence-electron chi connectivity index (χ1n) is 5.68. The van der Waals surface area contributed by atoms with Gasteiger partial charge in [-0.15, -0.1) is 0 Å². The van der Waals surface area contributed by atoms with Crippen LogP contribution in [0.15, 0.2) is 37.1 Å². The highest BCUT2D eigenvalue weighted by molar-refractivity contribution is 5.93. The van der Waals surface area contributed by atoms with Crippen LogP contribution < -0.4 is 10.6 Å². The second kappa shape index (κ2) is 5.92. The fraction of sp³-hybridized carbons (Fsp3) is 0.250. The number of hydrogen-bond acceptors (Lipinski definition) is 4. The Morgan fingerprint density at radius 1 is 1.39 bits per heavy atom. The molecule has 6 nitrogen and oxygen atoms in total. The molecule has 94 valence electrons. The van der Waals surface area contributed by atoms with Gasteiger partial charge in [0.1, 0.15) is 12.1 Å². The summed E-state index contributed by atoms with van der Waals surface area (Å²) in [6.07, 6.45) is 6.70. The predicted molar refractivity (Wildman–Crippen MR) is 67.6 cm³/mol. The Kier molecular flexibility index (Phi) is 4.03. The largest absolute Gasteiger partial charge is 0.351 e. The third-order valence-electron chi connectivity index (χ3n) is 2.44. The quantitative estimate of drug-likeness (QED) is 0.739. The lowest BCUT2D eigenvalue weighted by Gasteiger charge is -2.05. The van der Waals surface area contributed by atoms with Crippen LogP contribution in [0.25, 0.3) is 5.82 Å². The summed E-state index contributed by atoms with van der Waals surface area (Å²) in [5, 5.41) is 5.76. The number of likely N-dealkylation sites (N-methyl/N-ethyl adjacent to an activating group) is 1. The molecule has 2 rings (SSSR count). The number of aromatic nitrogens is 3. The van der Waals surface area contributed by atoms with E-state index in [2.05, 4.69) is 20.6 Å². The molecule has 0 radical (unpaired) electrons. The van der Waals surface area contributed by atoms with Crippen molar-refractivity contribution < 1.29 is 4.79 Å². The van der Waals surface area contributed by atoms with Gasteiger partial charge in [-0.2, -0.15) is 0 Å². The molecule has 2 heterocycles. The molecule has 0 aromatic carbocycles. The molecule has 0 unspecified atom stereocenters. The monoisotopic (exact) mass is 245 g/mol. The summed E-state index contributed by atoms with van der Waals surface area (Å²) in [4.78, 5) is 19.9. The lowest BCUT2D eigenvalue weighted by Crippen LogP contribution is -2.30. The van der Waals surface area contributed by atoms with E-state index >= 15 is 0 Å². The molecule has 6 heteroatoms. The fourth-order valence-corrected chi connectivity index (χ4v) is 1.47. The molecule has 0 saturated heterocycles. The summed E-state index contributed by atoms with van der Waals surface area (Å²) in [7, 11) is 1.84. The molecule has 2 aromatic rings. The number of carbonyl (C=O) groups is 1. The van der Waals surface area contributed by atoms with Gasteiger partial charge in [0, 0.05) is 31.7 Å². The minimum atomic E-state index is -0.116. The molecule has 0 atom stereocenters. The van der Waals surface area contributed by atoms with E-state index in [9.17, 15) is 4.79 Å². The number of nitrogens with zero attached hydrogens (tertiary/aromatic N) is 3. The number of carbonyl (C=O) groups excluding carboxylic acids is 1.